The van der Waals surface area contributed by atoms with Crippen LogP contribution in [-0.4, -0.2) is 22.5 Å². The number of benzene rings is 1. The van der Waals surface area contributed by atoms with Gasteiger partial charge in [-0.2, -0.15) is 0 Å². The Bertz CT molecular complexity index is 602. The molecule has 2 aromatic rings. The number of pyridine rings is 1. The molecule has 0 aliphatic rings. The fourth-order valence-electron chi connectivity index (χ4n) is 1.80. The summed E-state index contributed by atoms with van der Waals surface area (Å²) in [6.07, 6.45) is 1.53. The Hall–Kier alpha value is -2.07. The largest absolute Gasteiger partial charge is 0.508 e. The normalized spacial score (nSPS) is 10.2. The number of anilines is 1. The molecule has 2 rings (SSSR count). The van der Waals surface area contributed by atoms with Gasteiger partial charge < -0.3 is 10.0 Å². The molecule has 1 heterocycles. The van der Waals surface area contributed by atoms with E-state index in [1.54, 1.807) is 30.3 Å². The Kier molecular flexibility index (Phi) is 4.02. The number of phenols is 1. The topological polar surface area (TPSA) is 53.4 Å². The highest BCUT2D eigenvalue weighted by atomic mass is 35.5. The van der Waals surface area contributed by atoms with E-state index in [0.717, 1.165) is 0 Å². The maximum Gasteiger partial charge on any atom is 0.261 e. The molecule has 0 aliphatic carbocycles. The minimum atomic E-state index is -0.244. The van der Waals surface area contributed by atoms with E-state index < -0.39 is 0 Å². The monoisotopic (exact) mass is 276 g/mol. The minimum Gasteiger partial charge on any atom is -0.508 e. The van der Waals surface area contributed by atoms with E-state index >= 15 is 0 Å². The van der Waals surface area contributed by atoms with Gasteiger partial charge in [-0.25, -0.2) is 4.98 Å². The van der Waals surface area contributed by atoms with Crippen molar-refractivity contribution in [1.29, 1.82) is 0 Å². The number of aromatic hydroxyl groups is 1. The van der Waals surface area contributed by atoms with Gasteiger partial charge in [0.25, 0.3) is 5.91 Å². The van der Waals surface area contributed by atoms with Crippen molar-refractivity contribution in [3.63, 3.8) is 0 Å². The molecule has 98 valence electrons. The quantitative estimate of drug-likeness (QED) is 0.877. The summed E-state index contributed by atoms with van der Waals surface area (Å²) in [4.78, 5) is 17.9. The lowest BCUT2D eigenvalue weighted by atomic mass is 10.2. The van der Waals surface area contributed by atoms with E-state index in [2.05, 4.69) is 4.98 Å². The van der Waals surface area contributed by atoms with Gasteiger partial charge >= 0.3 is 0 Å². The van der Waals surface area contributed by atoms with Gasteiger partial charge in [0.05, 0.1) is 5.56 Å². The second-order valence-corrected chi connectivity index (χ2v) is 4.27. The molecule has 0 aliphatic heterocycles. The van der Waals surface area contributed by atoms with Crippen LogP contribution in [0.4, 0.5) is 5.69 Å². The van der Waals surface area contributed by atoms with E-state index in [-0.39, 0.29) is 16.8 Å². The number of nitrogens with zero attached hydrogens (tertiary/aromatic N) is 2. The van der Waals surface area contributed by atoms with Crippen LogP contribution in [0.3, 0.4) is 0 Å². The standard InChI is InChI=1S/C14H13ClN2O2/c1-2-17(10-5-3-6-11(18)9-10)14(19)12-7-4-8-16-13(12)15/h3-9,18H,2H2,1H3. The lowest BCUT2D eigenvalue weighted by Crippen LogP contribution is -2.30. The van der Waals surface area contributed by atoms with Crippen LogP contribution in [0.15, 0.2) is 42.6 Å². The average Bonchev–Trinajstić information content (AvgIpc) is 2.40. The molecule has 0 spiro atoms. The zero-order valence-electron chi connectivity index (χ0n) is 10.4. The van der Waals surface area contributed by atoms with Crippen LogP contribution in [0.25, 0.3) is 0 Å². The SMILES string of the molecule is CCN(C(=O)c1cccnc1Cl)c1cccc(O)c1. The van der Waals surface area contributed by atoms with Gasteiger partial charge in [0, 0.05) is 24.5 Å². The van der Waals surface area contributed by atoms with Crippen molar-refractivity contribution < 1.29 is 9.90 Å². The number of phenolic OH excluding ortho intramolecular Hbond substituents is 1. The first-order valence-electron chi connectivity index (χ1n) is 5.85. The fraction of sp³-hybridized carbons (Fsp3) is 0.143. The molecule has 1 aromatic heterocycles. The van der Waals surface area contributed by atoms with Crippen LogP contribution in [0.1, 0.15) is 17.3 Å². The van der Waals surface area contributed by atoms with Crippen molar-refractivity contribution in [2.45, 2.75) is 6.92 Å². The van der Waals surface area contributed by atoms with Crippen molar-refractivity contribution >= 4 is 23.2 Å². The third kappa shape index (κ3) is 2.85. The van der Waals surface area contributed by atoms with Crippen LogP contribution in [-0.2, 0) is 0 Å². The molecule has 0 saturated carbocycles. The van der Waals surface area contributed by atoms with Crippen molar-refractivity contribution in [2.75, 3.05) is 11.4 Å². The third-order valence-electron chi connectivity index (χ3n) is 2.69. The summed E-state index contributed by atoms with van der Waals surface area (Å²) in [5, 5.41) is 9.66. The second-order valence-electron chi connectivity index (χ2n) is 3.91. The van der Waals surface area contributed by atoms with Crippen molar-refractivity contribution in [3.05, 3.63) is 53.3 Å². The van der Waals surface area contributed by atoms with Gasteiger partial charge in [0.1, 0.15) is 10.9 Å². The molecular weight excluding hydrogens is 264 g/mol. The number of carbonyl (C=O) groups excluding carboxylic acids is 1. The molecule has 1 amide bonds. The molecule has 0 fully saturated rings. The highest BCUT2D eigenvalue weighted by molar-refractivity contribution is 6.33. The van der Waals surface area contributed by atoms with E-state index in [4.69, 9.17) is 11.6 Å². The Morgan fingerprint density at radius 3 is 2.79 bits per heavy atom. The lowest BCUT2D eigenvalue weighted by molar-refractivity contribution is 0.0988. The molecule has 1 N–H and O–H groups in total. The number of hydrogen-bond donors (Lipinski definition) is 1. The van der Waals surface area contributed by atoms with Crippen LogP contribution in [0.2, 0.25) is 5.15 Å². The van der Waals surface area contributed by atoms with Crippen molar-refractivity contribution in [1.82, 2.24) is 4.98 Å². The Labute approximate surface area is 116 Å². The molecule has 0 bridgehead atoms. The van der Waals surface area contributed by atoms with E-state index in [9.17, 15) is 9.90 Å². The Morgan fingerprint density at radius 2 is 2.16 bits per heavy atom. The minimum absolute atomic E-state index is 0.112. The molecular formula is C14H13ClN2O2. The molecule has 0 unspecified atom stereocenters. The number of aromatic nitrogens is 1. The maximum absolute atomic E-state index is 12.4. The second kappa shape index (κ2) is 5.71. The Morgan fingerprint density at radius 1 is 1.37 bits per heavy atom. The van der Waals surface area contributed by atoms with Gasteiger partial charge in [-0.1, -0.05) is 17.7 Å². The van der Waals surface area contributed by atoms with E-state index in [1.165, 1.54) is 17.2 Å². The van der Waals surface area contributed by atoms with Crippen LogP contribution in [0, 0.1) is 0 Å². The zero-order valence-corrected chi connectivity index (χ0v) is 11.1. The molecule has 19 heavy (non-hydrogen) atoms. The van der Waals surface area contributed by atoms with Gasteiger partial charge in [0.15, 0.2) is 0 Å². The average molecular weight is 277 g/mol. The zero-order chi connectivity index (χ0) is 13.8. The predicted molar refractivity (Wildman–Crippen MR) is 74.7 cm³/mol. The molecule has 5 heteroatoms. The number of amides is 1. The first kappa shape index (κ1) is 13.4. The molecule has 4 nitrogen and oxygen atoms in total. The molecule has 1 aromatic carbocycles. The van der Waals surface area contributed by atoms with E-state index in [0.29, 0.717) is 17.8 Å². The molecule has 0 radical (unpaired) electrons. The Balaban J connectivity index is 2.38. The molecule has 0 saturated heterocycles. The summed E-state index contributed by atoms with van der Waals surface area (Å²) in [6.45, 7) is 2.32. The first-order chi connectivity index (χ1) is 9.13. The van der Waals surface area contributed by atoms with Crippen LogP contribution >= 0.6 is 11.6 Å². The first-order valence-corrected chi connectivity index (χ1v) is 6.22. The summed E-state index contributed by atoms with van der Waals surface area (Å²) in [5.74, 6) is -0.132. The maximum atomic E-state index is 12.4. The third-order valence-corrected chi connectivity index (χ3v) is 2.99. The number of hydrogen-bond acceptors (Lipinski definition) is 3. The summed E-state index contributed by atoms with van der Waals surface area (Å²) < 4.78 is 0. The van der Waals surface area contributed by atoms with Gasteiger partial charge in [-0.15, -0.1) is 0 Å². The number of rotatable bonds is 3. The summed E-state index contributed by atoms with van der Waals surface area (Å²) >= 11 is 5.93. The summed E-state index contributed by atoms with van der Waals surface area (Å²) in [7, 11) is 0. The molecule has 0 atom stereocenters. The van der Waals surface area contributed by atoms with Crippen molar-refractivity contribution in [3.8, 4) is 5.75 Å². The van der Waals surface area contributed by atoms with Crippen LogP contribution in [0.5, 0.6) is 5.75 Å². The highest BCUT2D eigenvalue weighted by Crippen LogP contribution is 2.23. The van der Waals surface area contributed by atoms with Crippen LogP contribution < -0.4 is 4.90 Å². The number of halogens is 1. The van der Waals surface area contributed by atoms with Gasteiger partial charge in [0.2, 0.25) is 0 Å². The predicted octanol–water partition coefficient (Wildman–Crippen LogP) is 3.11. The number of carbonyl (C=O) groups is 1. The summed E-state index contributed by atoms with van der Waals surface area (Å²) in [6, 6.07) is 9.82. The van der Waals surface area contributed by atoms with E-state index in [1.807, 2.05) is 6.92 Å². The van der Waals surface area contributed by atoms with Crippen molar-refractivity contribution in [2.24, 2.45) is 0 Å². The lowest BCUT2D eigenvalue weighted by Gasteiger charge is -2.21. The summed E-state index contributed by atoms with van der Waals surface area (Å²) in [5.41, 5.74) is 0.960. The van der Waals surface area contributed by atoms with Gasteiger partial charge in [-0.05, 0) is 31.2 Å². The van der Waals surface area contributed by atoms with Gasteiger partial charge in [-0.3, -0.25) is 4.79 Å². The fourth-order valence-corrected chi connectivity index (χ4v) is 2.00. The highest BCUT2D eigenvalue weighted by Gasteiger charge is 2.19. The smallest absolute Gasteiger partial charge is 0.261 e.